The van der Waals surface area contributed by atoms with Gasteiger partial charge in [0.05, 0.1) is 0 Å². The predicted octanol–water partition coefficient (Wildman–Crippen LogP) is 6.60. The first-order valence-electron chi connectivity index (χ1n) is 8.65. The van der Waals surface area contributed by atoms with Crippen LogP contribution in [0.3, 0.4) is 0 Å². The van der Waals surface area contributed by atoms with Crippen LogP contribution in [0.1, 0.15) is 25.0 Å². The molecule has 0 spiro atoms. The van der Waals surface area contributed by atoms with E-state index in [1.54, 1.807) is 6.08 Å². The maximum Gasteiger partial charge on any atom is 0.0471 e. The van der Waals surface area contributed by atoms with Crippen LogP contribution in [0.4, 0.5) is 11.4 Å². The largest absolute Gasteiger partial charge is 0.355 e. The number of allylic oxidation sites excluding steroid dienone is 9. The molecule has 3 rings (SSSR count). The van der Waals surface area contributed by atoms with Gasteiger partial charge in [-0.3, -0.25) is 0 Å². The summed E-state index contributed by atoms with van der Waals surface area (Å²) < 4.78 is 0. The fraction of sp³-hybridized carbons (Fsp3) is 0.0833. The van der Waals surface area contributed by atoms with Crippen LogP contribution in [-0.2, 0) is 0 Å². The van der Waals surface area contributed by atoms with Crippen molar-refractivity contribution in [2.24, 2.45) is 0 Å². The maximum absolute atomic E-state index is 4.32. The van der Waals surface area contributed by atoms with E-state index < -0.39 is 0 Å². The molecule has 0 bridgehead atoms. The summed E-state index contributed by atoms with van der Waals surface area (Å²) >= 11 is 0. The third kappa shape index (κ3) is 2.70. The van der Waals surface area contributed by atoms with Gasteiger partial charge >= 0.3 is 0 Å². The third-order valence-electron chi connectivity index (χ3n) is 4.69. The van der Waals surface area contributed by atoms with E-state index in [9.17, 15) is 0 Å². The van der Waals surface area contributed by atoms with Crippen LogP contribution < -0.4 is 10.6 Å². The molecule has 2 aliphatic heterocycles. The summed E-state index contributed by atoms with van der Waals surface area (Å²) in [6.07, 6.45) is 11.7. The normalized spacial score (nSPS) is 19.3. The Morgan fingerprint density at radius 2 is 1.58 bits per heavy atom. The van der Waals surface area contributed by atoms with Crippen LogP contribution >= 0.6 is 0 Å². The van der Waals surface area contributed by atoms with Gasteiger partial charge in [0.2, 0.25) is 0 Å². The van der Waals surface area contributed by atoms with E-state index in [2.05, 4.69) is 55.2 Å². The molecule has 0 saturated heterocycles. The monoisotopic (exact) mass is 340 g/mol. The standard InChI is InChI=1S/C24H24N2/c1-7-11-18-16(6)20-14-24-19(13-23(20)25-21(18)10-4)15(5)17(9-3)22(26-24)12-8-2/h7-14,25-26H,1,3,5-6H2,2,4H3/b12-8-,18-11-,21-10+. The third-order valence-corrected chi connectivity index (χ3v) is 4.69. The zero-order valence-electron chi connectivity index (χ0n) is 15.4. The molecule has 2 heterocycles. The van der Waals surface area contributed by atoms with E-state index in [0.717, 1.165) is 56.2 Å². The molecule has 0 radical (unpaired) electrons. The van der Waals surface area contributed by atoms with Crippen LogP contribution in [0.2, 0.25) is 0 Å². The molecular formula is C24H24N2. The summed E-state index contributed by atoms with van der Waals surface area (Å²) in [5, 5.41) is 7.02. The van der Waals surface area contributed by atoms with Gasteiger partial charge in [-0.25, -0.2) is 0 Å². The number of hydrogen-bond acceptors (Lipinski definition) is 2. The molecule has 2 aliphatic rings. The van der Waals surface area contributed by atoms with Crippen molar-refractivity contribution in [3.63, 3.8) is 0 Å². The maximum atomic E-state index is 4.32. The van der Waals surface area contributed by atoms with Crippen molar-refractivity contribution in [2.75, 3.05) is 10.6 Å². The molecule has 26 heavy (non-hydrogen) atoms. The summed E-state index contributed by atoms with van der Waals surface area (Å²) in [7, 11) is 0. The van der Waals surface area contributed by atoms with Crippen LogP contribution in [-0.4, -0.2) is 0 Å². The Kier molecular flexibility index (Phi) is 4.68. The van der Waals surface area contributed by atoms with E-state index in [4.69, 9.17) is 0 Å². The van der Waals surface area contributed by atoms with Crippen molar-refractivity contribution in [1.29, 1.82) is 0 Å². The Hall–Kier alpha value is -3.26. The van der Waals surface area contributed by atoms with Crippen LogP contribution in [0.15, 0.2) is 97.4 Å². The van der Waals surface area contributed by atoms with Gasteiger partial charge in [-0.05, 0) is 43.2 Å². The molecule has 2 nitrogen and oxygen atoms in total. The molecule has 0 aromatic heterocycles. The van der Waals surface area contributed by atoms with Gasteiger partial charge in [-0.15, -0.1) is 0 Å². The Balaban J connectivity index is 2.19. The molecule has 0 saturated carbocycles. The van der Waals surface area contributed by atoms with E-state index in [1.165, 1.54) is 0 Å². The number of anilines is 2. The topological polar surface area (TPSA) is 24.1 Å². The first-order chi connectivity index (χ1) is 12.5. The second kappa shape index (κ2) is 6.93. The van der Waals surface area contributed by atoms with E-state index >= 15 is 0 Å². The molecule has 1 aromatic carbocycles. The van der Waals surface area contributed by atoms with Gasteiger partial charge in [0.25, 0.3) is 0 Å². The second-order valence-corrected chi connectivity index (χ2v) is 6.20. The number of hydrogen-bond donors (Lipinski definition) is 2. The molecule has 0 aliphatic carbocycles. The minimum Gasteiger partial charge on any atom is -0.355 e. The highest BCUT2D eigenvalue weighted by atomic mass is 14.9. The van der Waals surface area contributed by atoms with Crippen LogP contribution in [0.5, 0.6) is 0 Å². The van der Waals surface area contributed by atoms with Crippen molar-refractivity contribution in [3.8, 4) is 0 Å². The van der Waals surface area contributed by atoms with Crippen molar-refractivity contribution in [1.82, 2.24) is 0 Å². The Morgan fingerprint density at radius 1 is 0.923 bits per heavy atom. The smallest absolute Gasteiger partial charge is 0.0471 e. The van der Waals surface area contributed by atoms with Crippen molar-refractivity contribution >= 4 is 22.5 Å². The van der Waals surface area contributed by atoms with Gasteiger partial charge in [0, 0.05) is 45.0 Å². The molecule has 0 unspecified atom stereocenters. The zero-order chi connectivity index (χ0) is 18.8. The fourth-order valence-corrected chi connectivity index (χ4v) is 3.41. The summed E-state index contributed by atoms with van der Waals surface area (Å²) in [6, 6.07) is 4.27. The van der Waals surface area contributed by atoms with Crippen LogP contribution in [0, 0.1) is 0 Å². The molecule has 1 aromatic rings. The SMILES string of the molecule is C=C/C=C1/C(=C)c2cc3c(cc2N/C1=C/C)C(=C)C(C=C)=C(/C=C\C)N3. The van der Waals surface area contributed by atoms with Gasteiger partial charge in [0.1, 0.15) is 0 Å². The molecule has 0 amide bonds. The molecule has 2 heteroatoms. The highest BCUT2D eigenvalue weighted by molar-refractivity contribution is 6.00. The molecular weight excluding hydrogens is 316 g/mol. The van der Waals surface area contributed by atoms with Gasteiger partial charge in [-0.1, -0.05) is 56.7 Å². The van der Waals surface area contributed by atoms with Crippen molar-refractivity contribution in [3.05, 3.63) is 109 Å². The van der Waals surface area contributed by atoms with E-state index in [-0.39, 0.29) is 0 Å². The summed E-state index contributed by atoms with van der Waals surface area (Å²) in [6.45, 7) is 20.4. The number of benzene rings is 1. The number of fused-ring (bicyclic) bond motifs is 2. The first kappa shape index (κ1) is 17.6. The lowest BCUT2D eigenvalue weighted by Crippen LogP contribution is -2.16. The first-order valence-corrected chi connectivity index (χ1v) is 8.65. The summed E-state index contributed by atoms with van der Waals surface area (Å²) in [5.74, 6) is 0. The minimum atomic E-state index is 0.964. The Morgan fingerprint density at radius 3 is 2.15 bits per heavy atom. The molecule has 2 N–H and O–H groups in total. The Labute approximate surface area is 156 Å². The van der Waals surface area contributed by atoms with E-state index in [1.807, 2.05) is 38.2 Å². The number of rotatable bonds is 3. The lowest BCUT2D eigenvalue weighted by molar-refractivity contribution is 1.31. The molecule has 0 atom stereocenters. The average Bonchev–Trinajstić information content (AvgIpc) is 2.64. The predicted molar refractivity (Wildman–Crippen MR) is 116 cm³/mol. The van der Waals surface area contributed by atoms with Gasteiger partial charge < -0.3 is 10.6 Å². The van der Waals surface area contributed by atoms with Gasteiger partial charge in [-0.2, -0.15) is 0 Å². The fourth-order valence-electron chi connectivity index (χ4n) is 3.41. The van der Waals surface area contributed by atoms with E-state index in [0.29, 0.717) is 0 Å². The molecule has 130 valence electrons. The molecule has 0 fully saturated rings. The summed E-state index contributed by atoms with van der Waals surface area (Å²) in [4.78, 5) is 0. The zero-order valence-corrected chi connectivity index (χ0v) is 15.4. The van der Waals surface area contributed by atoms with Crippen LogP contribution in [0.25, 0.3) is 11.1 Å². The average molecular weight is 340 g/mol. The minimum absolute atomic E-state index is 0.964. The quantitative estimate of drug-likeness (QED) is 0.648. The van der Waals surface area contributed by atoms with Crippen molar-refractivity contribution in [2.45, 2.75) is 13.8 Å². The number of nitrogens with one attached hydrogen (secondary N) is 2. The van der Waals surface area contributed by atoms with Crippen molar-refractivity contribution < 1.29 is 0 Å². The Bertz CT molecular complexity index is 962. The second-order valence-electron chi connectivity index (χ2n) is 6.20. The summed E-state index contributed by atoms with van der Waals surface area (Å²) in [5.41, 5.74) is 10.3. The highest BCUT2D eigenvalue weighted by Gasteiger charge is 2.25. The van der Waals surface area contributed by atoms with Gasteiger partial charge in [0.15, 0.2) is 0 Å². The lowest BCUT2D eigenvalue weighted by atomic mass is 9.85. The highest BCUT2D eigenvalue weighted by Crippen LogP contribution is 2.45. The lowest BCUT2D eigenvalue weighted by Gasteiger charge is -2.30.